The Labute approximate surface area is 73.0 Å². The molecular weight excluding hydrogens is 152 g/mol. The maximum atomic E-state index is 10.5. The number of ketones is 1. The minimum absolute atomic E-state index is 0.175. The first-order chi connectivity index (χ1) is 5.72. The molecule has 0 aromatic heterocycles. The van der Waals surface area contributed by atoms with Crippen LogP contribution >= 0.6 is 0 Å². The van der Waals surface area contributed by atoms with Crippen molar-refractivity contribution in [3.63, 3.8) is 0 Å². The van der Waals surface area contributed by atoms with E-state index in [9.17, 15) is 4.79 Å². The molecule has 0 bridgehead atoms. The lowest BCUT2D eigenvalue weighted by atomic mass is 9.98. The van der Waals surface area contributed by atoms with Crippen LogP contribution in [0.5, 0.6) is 0 Å². The Morgan fingerprint density at radius 3 is 2.58 bits per heavy atom. The Morgan fingerprint density at radius 1 is 1.58 bits per heavy atom. The molecule has 0 aliphatic carbocycles. The molecule has 0 atom stereocenters. The minimum Gasteiger partial charge on any atom is -0.298 e. The Bertz CT molecular complexity index is 199. The Kier molecular flexibility index (Phi) is 3.24. The molecular formula is C9H12N2O. The molecule has 0 aromatic carbocycles. The first-order valence-corrected chi connectivity index (χ1v) is 4.12. The van der Waals surface area contributed by atoms with Crippen LogP contribution in [0.4, 0.5) is 0 Å². The van der Waals surface area contributed by atoms with Crippen molar-refractivity contribution < 1.29 is 4.79 Å². The molecule has 1 heterocycles. The lowest BCUT2D eigenvalue weighted by Crippen LogP contribution is -2.36. The van der Waals surface area contributed by atoms with Crippen molar-refractivity contribution in [1.82, 2.24) is 4.90 Å². The van der Waals surface area contributed by atoms with Gasteiger partial charge in [-0.05, 0) is 25.9 Å². The molecule has 1 saturated heterocycles. The number of likely N-dealkylation sites (tertiary alicyclic amines) is 1. The molecule has 1 aliphatic heterocycles. The summed E-state index contributed by atoms with van der Waals surface area (Å²) in [6.45, 7) is 7.02. The topological polar surface area (TPSA) is 44.1 Å². The van der Waals surface area contributed by atoms with E-state index in [-0.39, 0.29) is 11.7 Å². The van der Waals surface area contributed by atoms with E-state index in [4.69, 9.17) is 12.2 Å². The molecule has 0 amide bonds. The summed E-state index contributed by atoms with van der Waals surface area (Å²) in [5, 5.41) is 8.60. The van der Waals surface area contributed by atoms with Gasteiger partial charge in [-0.2, -0.15) is 5.26 Å². The fourth-order valence-electron chi connectivity index (χ4n) is 1.44. The molecule has 1 rings (SSSR count). The number of nitrogens with zero attached hydrogens (tertiary/aromatic N) is 2. The summed E-state index contributed by atoms with van der Waals surface area (Å²) in [5.74, 6) is -0.112. The van der Waals surface area contributed by atoms with Gasteiger partial charge in [-0.15, -0.1) is 0 Å². The van der Waals surface area contributed by atoms with Crippen molar-refractivity contribution in [2.75, 3.05) is 19.6 Å². The molecule has 0 saturated carbocycles. The predicted molar refractivity (Wildman–Crippen MR) is 44.1 cm³/mol. The van der Waals surface area contributed by atoms with Gasteiger partial charge in [0, 0.05) is 12.8 Å². The van der Waals surface area contributed by atoms with E-state index in [0.717, 1.165) is 25.9 Å². The highest BCUT2D eigenvalue weighted by Gasteiger charge is 2.18. The van der Waals surface area contributed by atoms with Crippen molar-refractivity contribution >= 4 is 5.78 Å². The van der Waals surface area contributed by atoms with Gasteiger partial charge in [-0.25, -0.2) is 0 Å². The van der Waals surface area contributed by atoms with Crippen LogP contribution < -0.4 is 0 Å². The third-order valence-electron chi connectivity index (χ3n) is 2.15. The highest BCUT2D eigenvalue weighted by Crippen LogP contribution is 2.15. The third-order valence-corrected chi connectivity index (χ3v) is 2.15. The van der Waals surface area contributed by atoms with Crippen LogP contribution in [0.2, 0.25) is 0 Å². The predicted octanol–water partition coefficient (Wildman–Crippen LogP) is 0.502. The van der Waals surface area contributed by atoms with E-state index in [0.29, 0.717) is 6.54 Å². The highest BCUT2D eigenvalue weighted by atomic mass is 16.1. The number of Topliss-reactive ketones (excluding diaryl/α,β-unsaturated/α-hetero) is 1. The third kappa shape index (κ3) is 2.63. The number of hydrogen-bond donors (Lipinski definition) is 0. The van der Waals surface area contributed by atoms with Crippen LogP contribution in [0.3, 0.4) is 0 Å². The van der Waals surface area contributed by atoms with Gasteiger partial charge in [0.25, 0.3) is 0 Å². The number of piperidine rings is 1. The molecule has 0 unspecified atom stereocenters. The molecule has 0 spiro atoms. The lowest BCUT2D eigenvalue weighted by Gasteiger charge is -2.27. The van der Waals surface area contributed by atoms with Gasteiger partial charge in [0.1, 0.15) is 0 Å². The van der Waals surface area contributed by atoms with Gasteiger partial charge >= 0.3 is 0 Å². The summed E-state index contributed by atoms with van der Waals surface area (Å²) in [5.41, 5.74) is 0. The van der Waals surface area contributed by atoms with E-state index < -0.39 is 0 Å². The average molecular weight is 164 g/mol. The average Bonchev–Trinajstić information content (AvgIpc) is 2.05. The zero-order valence-corrected chi connectivity index (χ0v) is 6.99. The van der Waals surface area contributed by atoms with Crippen LogP contribution in [-0.4, -0.2) is 30.3 Å². The van der Waals surface area contributed by atoms with Crippen molar-refractivity contribution in [1.29, 1.82) is 5.26 Å². The number of carbonyl (C=O) groups excluding carboxylic acids is 1. The smallest absolute Gasteiger partial charge is 0.151 e. The maximum absolute atomic E-state index is 10.5. The van der Waals surface area contributed by atoms with E-state index in [1.807, 2.05) is 4.90 Å². The van der Waals surface area contributed by atoms with Crippen LogP contribution in [-0.2, 0) is 4.79 Å². The van der Waals surface area contributed by atoms with Gasteiger partial charge in [0.15, 0.2) is 5.78 Å². The van der Waals surface area contributed by atoms with E-state index in [2.05, 4.69) is 6.07 Å². The molecule has 1 fully saturated rings. The summed E-state index contributed by atoms with van der Waals surface area (Å²) in [7, 11) is 0. The van der Waals surface area contributed by atoms with E-state index >= 15 is 0 Å². The number of hydrogen-bond acceptors (Lipinski definition) is 3. The van der Waals surface area contributed by atoms with Crippen LogP contribution in [0.15, 0.2) is 0 Å². The molecule has 0 N–H and O–H groups in total. The number of rotatable bonds is 2. The molecule has 12 heavy (non-hydrogen) atoms. The molecule has 64 valence electrons. The normalized spacial score (nSPS) is 20.3. The maximum Gasteiger partial charge on any atom is 0.151 e. The second kappa shape index (κ2) is 4.22. The van der Waals surface area contributed by atoms with Gasteiger partial charge in [-0.3, -0.25) is 9.69 Å². The van der Waals surface area contributed by atoms with Crippen molar-refractivity contribution in [3.8, 4) is 6.07 Å². The van der Waals surface area contributed by atoms with Crippen molar-refractivity contribution in [3.05, 3.63) is 6.92 Å². The summed E-state index contributed by atoms with van der Waals surface area (Å²) in [4.78, 5) is 12.5. The van der Waals surface area contributed by atoms with Crippen molar-refractivity contribution in [2.24, 2.45) is 5.92 Å². The first-order valence-electron chi connectivity index (χ1n) is 4.12. The quantitative estimate of drug-likeness (QED) is 0.597. The van der Waals surface area contributed by atoms with Crippen LogP contribution in [0, 0.1) is 24.2 Å². The number of carbonyl (C=O) groups is 1. The SMILES string of the molecule is [CH]C(=O)CN1CCC(C#N)CC1. The van der Waals surface area contributed by atoms with Crippen LogP contribution in [0.25, 0.3) is 0 Å². The largest absolute Gasteiger partial charge is 0.298 e. The second-order valence-electron chi connectivity index (χ2n) is 3.15. The lowest BCUT2D eigenvalue weighted by molar-refractivity contribution is -0.116. The molecule has 0 aromatic rings. The zero-order valence-electron chi connectivity index (χ0n) is 6.99. The summed E-state index contributed by atoms with van der Waals surface area (Å²) < 4.78 is 0. The van der Waals surface area contributed by atoms with Gasteiger partial charge in [-0.1, -0.05) is 0 Å². The molecule has 3 heteroatoms. The Hall–Kier alpha value is -0.880. The zero-order chi connectivity index (χ0) is 8.97. The van der Waals surface area contributed by atoms with Gasteiger partial charge < -0.3 is 0 Å². The standard InChI is InChI=1S/C9H12N2O/c1-8(12)7-11-4-2-9(6-10)3-5-11/h1,9H,2-5,7H2. The van der Waals surface area contributed by atoms with Gasteiger partial charge in [0.2, 0.25) is 0 Å². The molecule has 2 radical (unpaired) electrons. The van der Waals surface area contributed by atoms with Gasteiger partial charge in [0.05, 0.1) is 12.6 Å². The fraction of sp³-hybridized carbons (Fsp3) is 0.667. The highest BCUT2D eigenvalue weighted by molar-refractivity contribution is 5.84. The molecule has 1 aliphatic rings. The first kappa shape index (κ1) is 9.21. The van der Waals surface area contributed by atoms with E-state index in [1.54, 1.807) is 0 Å². The monoisotopic (exact) mass is 164 g/mol. The fourth-order valence-corrected chi connectivity index (χ4v) is 1.44. The summed E-state index contributed by atoms with van der Waals surface area (Å²) >= 11 is 0. The second-order valence-corrected chi connectivity index (χ2v) is 3.15. The molecule has 3 nitrogen and oxygen atoms in total. The Balaban J connectivity index is 2.27. The number of nitriles is 1. The van der Waals surface area contributed by atoms with E-state index in [1.165, 1.54) is 0 Å². The van der Waals surface area contributed by atoms with Crippen molar-refractivity contribution in [2.45, 2.75) is 12.8 Å². The summed E-state index contributed by atoms with van der Waals surface area (Å²) in [6, 6.07) is 2.23. The Morgan fingerprint density at radius 2 is 2.17 bits per heavy atom. The minimum atomic E-state index is -0.287. The van der Waals surface area contributed by atoms with Crippen LogP contribution in [0.1, 0.15) is 12.8 Å². The summed E-state index contributed by atoms with van der Waals surface area (Å²) in [6.07, 6.45) is 1.73.